The van der Waals surface area contributed by atoms with Crippen molar-refractivity contribution in [1.29, 1.82) is 0 Å². The third-order valence-corrected chi connectivity index (χ3v) is 5.54. The summed E-state index contributed by atoms with van der Waals surface area (Å²) in [6.45, 7) is 8.76. The number of carbonyl (C=O) groups is 1. The number of rotatable bonds is 8. The summed E-state index contributed by atoms with van der Waals surface area (Å²) in [5, 5.41) is 0. The van der Waals surface area contributed by atoms with Crippen LogP contribution >= 0.6 is 0 Å². The first kappa shape index (κ1) is 20.9. The van der Waals surface area contributed by atoms with E-state index < -0.39 is 5.60 Å². The van der Waals surface area contributed by atoms with E-state index in [0.29, 0.717) is 19.8 Å². The molecule has 0 amide bonds. The number of epoxide rings is 1. The van der Waals surface area contributed by atoms with Gasteiger partial charge >= 0.3 is 5.97 Å². The van der Waals surface area contributed by atoms with Crippen LogP contribution in [0.15, 0.2) is 48.3 Å². The van der Waals surface area contributed by atoms with Gasteiger partial charge in [-0.2, -0.15) is 0 Å². The zero-order chi connectivity index (χ0) is 19.9. The van der Waals surface area contributed by atoms with Crippen LogP contribution in [0.5, 0.6) is 0 Å². The second kappa shape index (κ2) is 9.57. The molecule has 3 saturated heterocycles. The maximum Gasteiger partial charge on any atom is 0.330 e. The predicted octanol–water partition coefficient (Wildman–Crippen LogP) is 4.40. The molecule has 0 aliphatic carbocycles. The van der Waals surface area contributed by atoms with Gasteiger partial charge in [-0.15, -0.1) is 0 Å². The van der Waals surface area contributed by atoms with E-state index >= 15 is 0 Å². The summed E-state index contributed by atoms with van der Waals surface area (Å²) in [6, 6.07) is 0. The van der Waals surface area contributed by atoms with Crippen LogP contribution in [0.2, 0.25) is 0 Å². The molecule has 0 saturated carbocycles. The molecule has 0 N–H and O–H groups in total. The van der Waals surface area contributed by atoms with E-state index in [1.54, 1.807) is 0 Å². The first-order chi connectivity index (χ1) is 13.6. The van der Waals surface area contributed by atoms with Gasteiger partial charge in [0.15, 0.2) is 0 Å². The summed E-state index contributed by atoms with van der Waals surface area (Å²) >= 11 is 0. The molecular formula is C23H32O5. The Morgan fingerprint density at radius 3 is 2.68 bits per heavy atom. The third kappa shape index (κ3) is 5.15. The Hall–Kier alpha value is -1.85. The summed E-state index contributed by atoms with van der Waals surface area (Å²) in [4.78, 5) is 12.0. The molecule has 3 heterocycles. The van der Waals surface area contributed by atoms with E-state index in [9.17, 15) is 4.79 Å². The van der Waals surface area contributed by atoms with Crippen molar-refractivity contribution in [2.75, 3.05) is 26.4 Å². The largest absolute Gasteiger partial charge is 0.498 e. The highest BCUT2D eigenvalue weighted by Gasteiger charge is 2.66. The molecular weight excluding hydrogens is 356 g/mol. The van der Waals surface area contributed by atoms with Gasteiger partial charge < -0.3 is 18.9 Å². The maximum atomic E-state index is 12.0. The Kier molecular flexibility index (Phi) is 7.13. The monoisotopic (exact) mass is 388 g/mol. The molecule has 0 radical (unpaired) electrons. The average Bonchev–Trinajstić information content (AvgIpc) is 3.32. The molecule has 0 aromatic heterocycles. The van der Waals surface area contributed by atoms with Gasteiger partial charge in [-0.05, 0) is 43.1 Å². The summed E-state index contributed by atoms with van der Waals surface area (Å²) < 4.78 is 22.6. The van der Waals surface area contributed by atoms with E-state index in [1.807, 2.05) is 24.3 Å². The van der Waals surface area contributed by atoms with Gasteiger partial charge in [0.1, 0.15) is 11.2 Å². The van der Waals surface area contributed by atoms with Crippen LogP contribution in [0, 0.1) is 0 Å². The van der Waals surface area contributed by atoms with E-state index in [4.69, 9.17) is 18.9 Å². The summed E-state index contributed by atoms with van der Waals surface area (Å²) in [6.07, 6.45) is 16.0. The lowest BCUT2D eigenvalue weighted by atomic mass is 9.85. The van der Waals surface area contributed by atoms with Crippen molar-refractivity contribution >= 4 is 5.97 Å². The van der Waals surface area contributed by atoms with E-state index in [0.717, 1.165) is 62.9 Å². The second-order valence-corrected chi connectivity index (χ2v) is 7.68. The molecule has 3 aliphatic rings. The fraction of sp³-hybridized carbons (Fsp3) is 0.609. The van der Waals surface area contributed by atoms with Crippen molar-refractivity contribution in [1.82, 2.24) is 0 Å². The number of unbranched alkanes of at least 4 members (excludes halogenated alkanes) is 1. The van der Waals surface area contributed by atoms with Gasteiger partial charge in [0.2, 0.25) is 0 Å². The zero-order valence-corrected chi connectivity index (χ0v) is 16.9. The number of ether oxygens (including phenoxy) is 4. The third-order valence-electron chi connectivity index (χ3n) is 5.54. The van der Waals surface area contributed by atoms with Crippen LogP contribution in [-0.2, 0) is 23.7 Å². The molecule has 3 fully saturated rings. The highest BCUT2D eigenvalue weighted by atomic mass is 16.6. The van der Waals surface area contributed by atoms with Crippen molar-refractivity contribution in [3.05, 3.63) is 48.3 Å². The minimum Gasteiger partial charge on any atom is -0.498 e. The lowest BCUT2D eigenvalue weighted by molar-refractivity contribution is -0.137. The van der Waals surface area contributed by atoms with Gasteiger partial charge in [0.05, 0.1) is 19.0 Å². The molecule has 3 aliphatic heterocycles. The van der Waals surface area contributed by atoms with Crippen LogP contribution in [0.25, 0.3) is 0 Å². The van der Waals surface area contributed by atoms with Crippen molar-refractivity contribution in [2.45, 2.75) is 63.1 Å². The number of hydrogen-bond donors (Lipinski definition) is 0. The SMILES string of the molecule is C=C(/C=C1/CCCCO1)/C=C/C1(/C=C/C(=O)OCCCC)OC12CCOCC2. The summed E-state index contributed by atoms with van der Waals surface area (Å²) in [5.41, 5.74) is -0.0283. The normalized spacial score (nSPS) is 28.0. The fourth-order valence-electron chi connectivity index (χ4n) is 3.75. The summed E-state index contributed by atoms with van der Waals surface area (Å²) in [5.74, 6) is 0.665. The molecule has 0 aromatic rings. The Morgan fingerprint density at radius 2 is 1.96 bits per heavy atom. The lowest BCUT2D eigenvalue weighted by Crippen LogP contribution is -2.30. The zero-order valence-electron chi connectivity index (χ0n) is 16.9. The molecule has 28 heavy (non-hydrogen) atoms. The van der Waals surface area contributed by atoms with Gasteiger partial charge in [-0.1, -0.05) is 26.0 Å². The first-order valence-electron chi connectivity index (χ1n) is 10.4. The molecule has 5 nitrogen and oxygen atoms in total. The van der Waals surface area contributed by atoms with E-state index in [2.05, 4.69) is 13.5 Å². The van der Waals surface area contributed by atoms with Gasteiger partial charge in [0, 0.05) is 38.6 Å². The van der Waals surface area contributed by atoms with Crippen LogP contribution < -0.4 is 0 Å². The number of carbonyl (C=O) groups excluding carboxylic acids is 1. The van der Waals surface area contributed by atoms with Crippen molar-refractivity contribution in [3.8, 4) is 0 Å². The minimum absolute atomic E-state index is 0.295. The van der Waals surface area contributed by atoms with Crippen LogP contribution in [-0.4, -0.2) is 43.6 Å². The fourth-order valence-corrected chi connectivity index (χ4v) is 3.75. The standard InChI is InChI=1S/C23H32O5/c1-3-4-14-27-21(24)9-11-22(23(28-22)12-16-25-17-13-23)10-8-19(2)18-20-7-5-6-15-26-20/h8-11,18H,2-7,12-17H2,1H3/b10-8+,11-9+,20-18-. The summed E-state index contributed by atoms with van der Waals surface area (Å²) in [7, 11) is 0. The van der Waals surface area contributed by atoms with Gasteiger partial charge in [-0.25, -0.2) is 4.79 Å². The molecule has 5 heteroatoms. The highest BCUT2D eigenvalue weighted by molar-refractivity contribution is 5.82. The van der Waals surface area contributed by atoms with Crippen molar-refractivity contribution < 1.29 is 23.7 Å². The quantitative estimate of drug-likeness (QED) is 0.203. The Balaban J connectivity index is 1.67. The molecule has 1 unspecified atom stereocenters. The molecule has 0 bridgehead atoms. The predicted molar refractivity (Wildman–Crippen MR) is 108 cm³/mol. The van der Waals surface area contributed by atoms with Crippen molar-refractivity contribution in [3.63, 3.8) is 0 Å². The van der Waals surface area contributed by atoms with E-state index in [1.165, 1.54) is 6.08 Å². The average molecular weight is 389 g/mol. The van der Waals surface area contributed by atoms with Gasteiger partial charge in [-0.3, -0.25) is 0 Å². The first-order valence-corrected chi connectivity index (χ1v) is 10.4. The molecule has 154 valence electrons. The second-order valence-electron chi connectivity index (χ2n) is 7.68. The number of allylic oxidation sites excluding steroid dienone is 4. The van der Waals surface area contributed by atoms with Gasteiger partial charge in [0.25, 0.3) is 0 Å². The van der Waals surface area contributed by atoms with Crippen LogP contribution in [0.3, 0.4) is 0 Å². The minimum atomic E-state index is -0.602. The van der Waals surface area contributed by atoms with Crippen LogP contribution in [0.4, 0.5) is 0 Å². The lowest BCUT2D eigenvalue weighted by Gasteiger charge is -2.21. The Bertz CT molecular complexity index is 646. The smallest absolute Gasteiger partial charge is 0.330 e. The van der Waals surface area contributed by atoms with Crippen molar-refractivity contribution in [2.24, 2.45) is 0 Å². The Labute approximate surface area is 168 Å². The number of esters is 1. The molecule has 1 atom stereocenters. The molecule has 0 aromatic carbocycles. The molecule has 3 rings (SSSR count). The topological polar surface area (TPSA) is 57.3 Å². The number of hydrogen-bond acceptors (Lipinski definition) is 5. The molecule has 1 spiro atoms. The maximum absolute atomic E-state index is 12.0. The highest BCUT2D eigenvalue weighted by Crippen LogP contribution is 2.56. The van der Waals surface area contributed by atoms with Crippen LogP contribution in [0.1, 0.15) is 51.9 Å². The van der Waals surface area contributed by atoms with E-state index in [-0.39, 0.29) is 11.6 Å². The Morgan fingerprint density at radius 1 is 1.18 bits per heavy atom.